The molecule has 0 saturated carbocycles. The molecule has 0 aromatic carbocycles. The average molecular weight is 259 g/mol. The molecule has 96 valence electrons. The van der Waals surface area contributed by atoms with Gasteiger partial charge in [0.1, 0.15) is 16.8 Å². The van der Waals surface area contributed by atoms with Crippen LogP contribution in [-0.2, 0) is 9.47 Å². The van der Waals surface area contributed by atoms with Crippen LogP contribution in [0, 0.1) is 0 Å². The van der Waals surface area contributed by atoms with Gasteiger partial charge in [-0.3, -0.25) is 0 Å². The van der Waals surface area contributed by atoms with Crippen LogP contribution in [0.15, 0.2) is 24.4 Å². The van der Waals surface area contributed by atoms with E-state index in [4.69, 9.17) is 4.74 Å². The van der Waals surface area contributed by atoms with Crippen LogP contribution in [-0.4, -0.2) is 28.9 Å². The molecule has 0 unspecified atom stereocenters. The van der Waals surface area contributed by atoms with Crippen molar-refractivity contribution < 1.29 is 23.9 Å². The van der Waals surface area contributed by atoms with Crippen LogP contribution in [0.2, 0.25) is 0 Å². The summed E-state index contributed by atoms with van der Waals surface area (Å²) in [4.78, 5) is 35.4. The van der Waals surface area contributed by atoms with Crippen molar-refractivity contribution in [3.63, 3.8) is 0 Å². The van der Waals surface area contributed by atoms with Crippen molar-refractivity contribution in [3.05, 3.63) is 41.2 Å². The molecule has 19 heavy (non-hydrogen) atoms. The number of hydrogen-bond donors (Lipinski definition) is 0. The first-order chi connectivity index (χ1) is 9.15. The number of carbonyl (C=O) groups is 3. The van der Waals surface area contributed by atoms with Gasteiger partial charge in [-0.2, -0.15) is 0 Å². The van der Waals surface area contributed by atoms with Crippen LogP contribution in [0.5, 0.6) is 0 Å². The van der Waals surface area contributed by atoms with E-state index in [1.54, 1.807) is 31.3 Å². The Labute approximate surface area is 107 Å². The van der Waals surface area contributed by atoms with Gasteiger partial charge < -0.3 is 13.9 Å². The van der Waals surface area contributed by atoms with E-state index in [2.05, 4.69) is 4.74 Å². The van der Waals surface area contributed by atoms with E-state index in [0.717, 1.165) is 0 Å². The molecular weight excluding hydrogens is 250 g/mol. The van der Waals surface area contributed by atoms with Gasteiger partial charge in [0.2, 0.25) is 0 Å². The molecule has 0 radical (unpaired) electrons. The Morgan fingerprint density at radius 2 is 2.00 bits per heavy atom. The normalized spacial score (nSPS) is 13.5. The molecule has 2 aromatic heterocycles. The summed E-state index contributed by atoms with van der Waals surface area (Å²) >= 11 is 0. The maximum Gasteiger partial charge on any atom is 0.356 e. The monoisotopic (exact) mass is 259 g/mol. The highest BCUT2D eigenvalue weighted by Gasteiger charge is 2.39. The Kier molecular flexibility index (Phi) is 2.38. The molecule has 3 rings (SSSR count). The van der Waals surface area contributed by atoms with Gasteiger partial charge in [0.25, 0.3) is 0 Å². The van der Waals surface area contributed by atoms with Gasteiger partial charge in [0.05, 0.1) is 12.1 Å². The summed E-state index contributed by atoms with van der Waals surface area (Å²) in [7, 11) is 0. The number of pyridine rings is 1. The lowest BCUT2D eigenvalue weighted by molar-refractivity contribution is 0.0427. The van der Waals surface area contributed by atoms with Gasteiger partial charge in [-0.25, -0.2) is 14.4 Å². The maximum absolute atomic E-state index is 12.0. The van der Waals surface area contributed by atoms with Crippen molar-refractivity contribution in [2.45, 2.75) is 6.92 Å². The third-order valence-corrected chi connectivity index (χ3v) is 2.91. The Hall–Kier alpha value is -2.63. The topological polar surface area (TPSA) is 74.1 Å². The molecule has 0 atom stereocenters. The highest BCUT2D eigenvalue weighted by molar-refractivity contribution is 6.22. The minimum Gasteiger partial charge on any atom is -0.461 e. The van der Waals surface area contributed by atoms with E-state index >= 15 is 0 Å². The van der Waals surface area contributed by atoms with E-state index < -0.39 is 17.9 Å². The van der Waals surface area contributed by atoms with Gasteiger partial charge in [-0.1, -0.05) is 6.07 Å². The zero-order valence-electron chi connectivity index (χ0n) is 10.0. The first kappa shape index (κ1) is 11.5. The molecule has 2 aromatic rings. The zero-order chi connectivity index (χ0) is 13.6. The number of rotatable bonds is 2. The number of carbonyl (C=O) groups excluding carboxylic acids is 3. The van der Waals surface area contributed by atoms with Crippen molar-refractivity contribution in [1.82, 2.24) is 4.40 Å². The van der Waals surface area contributed by atoms with Crippen LogP contribution >= 0.6 is 0 Å². The Bertz CT molecular complexity index is 728. The minimum absolute atomic E-state index is 0.0188. The van der Waals surface area contributed by atoms with Crippen LogP contribution in [0.4, 0.5) is 0 Å². The molecule has 0 saturated heterocycles. The molecule has 0 N–H and O–H groups in total. The van der Waals surface area contributed by atoms with Crippen LogP contribution < -0.4 is 0 Å². The van der Waals surface area contributed by atoms with E-state index in [1.165, 1.54) is 4.40 Å². The Balaban J connectivity index is 2.38. The number of hydrogen-bond acceptors (Lipinski definition) is 5. The van der Waals surface area contributed by atoms with Crippen LogP contribution in [0.1, 0.15) is 38.1 Å². The lowest BCUT2D eigenvalue weighted by Gasteiger charge is -2.04. The fourth-order valence-corrected chi connectivity index (χ4v) is 2.20. The first-order valence-corrected chi connectivity index (χ1v) is 5.71. The molecule has 0 spiro atoms. The average Bonchev–Trinajstić information content (AvgIpc) is 2.87. The predicted octanol–water partition coefficient (Wildman–Crippen LogP) is 1.43. The van der Waals surface area contributed by atoms with Gasteiger partial charge in [0, 0.05) is 6.20 Å². The summed E-state index contributed by atoms with van der Waals surface area (Å²) in [5.74, 6) is -2.21. The molecule has 0 bridgehead atoms. The summed E-state index contributed by atoms with van der Waals surface area (Å²) in [6, 6.07) is 5.04. The largest absolute Gasteiger partial charge is 0.461 e. The van der Waals surface area contributed by atoms with E-state index in [-0.39, 0.29) is 23.4 Å². The third-order valence-electron chi connectivity index (χ3n) is 2.91. The number of nitrogens with zero attached hydrogens (tertiary/aromatic N) is 1. The third kappa shape index (κ3) is 1.46. The fraction of sp³-hybridized carbons (Fsp3) is 0.154. The molecule has 1 aliphatic rings. The van der Waals surface area contributed by atoms with Crippen molar-refractivity contribution in [1.29, 1.82) is 0 Å². The summed E-state index contributed by atoms with van der Waals surface area (Å²) in [5, 5.41) is 0. The molecule has 3 heterocycles. The Morgan fingerprint density at radius 3 is 2.74 bits per heavy atom. The second kappa shape index (κ2) is 3.94. The smallest absolute Gasteiger partial charge is 0.356 e. The Morgan fingerprint density at radius 1 is 1.26 bits per heavy atom. The fourth-order valence-electron chi connectivity index (χ4n) is 2.20. The number of aromatic nitrogens is 1. The predicted molar refractivity (Wildman–Crippen MR) is 63.1 cm³/mol. The van der Waals surface area contributed by atoms with Gasteiger partial charge in [-0.05, 0) is 19.1 Å². The molecular formula is C13H9NO5. The number of cyclic esters (lactones) is 2. The summed E-state index contributed by atoms with van der Waals surface area (Å²) < 4.78 is 10.9. The number of ether oxygens (including phenoxy) is 2. The second-order valence-corrected chi connectivity index (χ2v) is 3.95. The summed E-state index contributed by atoms with van der Waals surface area (Å²) in [6.45, 7) is 1.84. The van der Waals surface area contributed by atoms with Crippen molar-refractivity contribution in [2.24, 2.45) is 0 Å². The summed E-state index contributed by atoms with van der Waals surface area (Å²) in [6.07, 6.45) is 1.60. The SMILES string of the molecule is CCOC(=O)c1c2c(c3ccccn13)C(=O)OC2=O. The van der Waals surface area contributed by atoms with Crippen molar-refractivity contribution in [3.8, 4) is 0 Å². The van der Waals surface area contributed by atoms with Gasteiger partial charge in [-0.15, -0.1) is 0 Å². The standard InChI is InChI=1S/C13H9NO5/c1-2-18-13(17)10-9-8(11(15)19-12(9)16)7-5-3-4-6-14(7)10/h3-6H,2H2,1H3. The van der Waals surface area contributed by atoms with Gasteiger partial charge >= 0.3 is 17.9 Å². The van der Waals surface area contributed by atoms with E-state index in [0.29, 0.717) is 5.52 Å². The molecule has 6 nitrogen and oxygen atoms in total. The van der Waals surface area contributed by atoms with Crippen molar-refractivity contribution in [2.75, 3.05) is 6.61 Å². The van der Waals surface area contributed by atoms with Crippen LogP contribution in [0.3, 0.4) is 0 Å². The van der Waals surface area contributed by atoms with Crippen LogP contribution in [0.25, 0.3) is 5.52 Å². The number of esters is 3. The zero-order valence-corrected chi connectivity index (χ0v) is 10.0. The van der Waals surface area contributed by atoms with Gasteiger partial charge in [0.15, 0.2) is 0 Å². The molecule has 0 amide bonds. The lowest BCUT2D eigenvalue weighted by atomic mass is 10.1. The minimum atomic E-state index is -0.813. The first-order valence-electron chi connectivity index (χ1n) is 5.71. The number of fused-ring (bicyclic) bond motifs is 3. The molecule has 0 fully saturated rings. The molecule has 6 heteroatoms. The quantitative estimate of drug-likeness (QED) is 0.602. The lowest BCUT2D eigenvalue weighted by Crippen LogP contribution is -2.13. The summed E-state index contributed by atoms with van der Waals surface area (Å²) in [5.41, 5.74) is 0.586. The molecule has 1 aliphatic heterocycles. The van der Waals surface area contributed by atoms with E-state index in [1.807, 2.05) is 0 Å². The maximum atomic E-state index is 12.0. The highest BCUT2D eigenvalue weighted by Crippen LogP contribution is 2.30. The van der Waals surface area contributed by atoms with Crippen molar-refractivity contribution >= 4 is 23.4 Å². The molecule has 0 aliphatic carbocycles. The second-order valence-electron chi connectivity index (χ2n) is 3.95. The van der Waals surface area contributed by atoms with E-state index in [9.17, 15) is 14.4 Å². The highest BCUT2D eigenvalue weighted by atomic mass is 16.6.